The summed E-state index contributed by atoms with van der Waals surface area (Å²) in [5, 5.41) is 9.67. The first-order chi connectivity index (χ1) is 17.8. The molecule has 6 heteroatoms. The second kappa shape index (κ2) is 16.6. The summed E-state index contributed by atoms with van der Waals surface area (Å²) in [5.41, 5.74) is 1.51. The Morgan fingerprint density at radius 1 is 0.811 bits per heavy atom. The van der Waals surface area contributed by atoms with Crippen LogP contribution in [0.15, 0.2) is 42.5 Å². The smallest absolute Gasteiger partial charge is 0.338 e. The van der Waals surface area contributed by atoms with E-state index in [0.717, 1.165) is 38.5 Å². The Morgan fingerprint density at radius 2 is 1.43 bits per heavy atom. The molecule has 0 aliphatic carbocycles. The number of ether oxygens (including phenoxy) is 2. The Kier molecular flexibility index (Phi) is 13.5. The van der Waals surface area contributed by atoms with Crippen molar-refractivity contribution in [3.05, 3.63) is 53.6 Å². The number of unbranched alkanes of at least 4 members (excludes halogenated alkanes) is 8. The Morgan fingerprint density at radius 3 is 2.05 bits per heavy atom. The zero-order chi connectivity index (χ0) is 27.0. The van der Waals surface area contributed by atoms with Crippen LogP contribution in [0.3, 0.4) is 0 Å². The van der Waals surface area contributed by atoms with E-state index in [4.69, 9.17) is 9.47 Å². The van der Waals surface area contributed by atoms with E-state index < -0.39 is 11.9 Å². The number of carboxylic acids is 1. The van der Waals surface area contributed by atoms with Crippen LogP contribution in [0.2, 0.25) is 0 Å². The molecule has 0 saturated heterocycles. The summed E-state index contributed by atoms with van der Waals surface area (Å²) in [6.45, 7) is 6.17. The summed E-state index contributed by atoms with van der Waals surface area (Å²) in [4.78, 5) is 36.6. The fourth-order valence-electron chi connectivity index (χ4n) is 4.19. The molecule has 0 aliphatic rings. The number of esters is 2. The van der Waals surface area contributed by atoms with Crippen LogP contribution in [0.5, 0.6) is 5.75 Å². The molecule has 2 aromatic rings. The maximum absolute atomic E-state index is 12.4. The van der Waals surface area contributed by atoms with Gasteiger partial charge in [0.2, 0.25) is 0 Å². The topological polar surface area (TPSA) is 89.9 Å². The average molecular weight is 511 g/mol. The minimum absolute atomic E-state index is 0.0892. The lowest BCUT2D eigenvalue weighted by Gasteiger charge is -2.13. The average Bonchev–Trinajstić information content (AvgIpc) is 2.88. The summed E-state index contributed by atoms with van der Waals surface area (Å²) in [6.07, 6.45) is 12.1. The van der Waals surface area contributed by atoms with E-state index in [0.29, 0.717) is 28.9 Å². The normalized spacial score (nSPS) is 11.6. The van der Waals surface area contributed by atoms with Crippen molar-refractivity contribution in [1.29, 1.82) is 0 Å². The second-order valence-corrected chi connectivity index (χ2v) is 9.65. The van der Waals surface area contributed by atoms with Gasteiger partial charge in [0, 0.05) is 6.42 Å². The number of benzene rings is 2. The van der Waals surface area contributed by atoms with Crippen LogP contribution in [0.25, 0.3) is 11.1 Å². The van der Waals surface area contributed by atoms with Gasteiger partial charge in [-0.2, -0.15) is 0 Å². The molecule has 1 N–H and O–H groups in total. The molecule has 0 saturated carbocycles. The predicted octanol–water partition coefficient (Wildman–Crippen LogP) is 8.22. The molecule has 0 aliphatic heterocycles. The van der Waals surface area contributed by atoms with Crippen molar-refractivity contribution < 1.29 is 29.0 Å². The van der Waals surface area contributed by atoms with E-state index in [9.17, 15) is 19.5 Å². The minimum Gasteiger partial charge on any atom is -0.478 e. The maximum atomic E-state index is 12.4. The Balaban J connectivity index is 1.99. The highest BCUT2D eigenvalue weighted by Crippen LogP contribution is 2.29. The standard InChI is InChI=1S/C31H42O6/c1-4-6-8-9-10-11-12-13-15-29(32)37-26-20-21-27(30(33)34)28(22-26)24-16-18-25(19-17-24)31(35)36-23(3)14-7-5-2/h16-23H,4-15H2,1-3H3,(H,33,34)/t23-/m1/s1. The summed E-state index contributed by atoms with van der Waals surface area (Å²) >= 11 is 0. The highest BCUT2D eigenvalue weighted by molar-refractivity contribution is 5.97. The Hall–Kier alpha value is -3.15. The van der Waals surface area contributed by atoms with Crippen LogP contribution >= 0.6 is 0 Å². The molecule has 0 unspecified atom stereocenters. The number of carbonyl (C=O) groups excluding carboxylic acids is 2. The van der Waals surface area contributed by atoms with E-state index in [-0.39, 0.29) is 17.6 Å². The van der Waals surface area contributed by atoms with E-state index in [1.165, 1.54) is 44.2 Å². The fraction of sp³-hybridized carbons (Fsp3) is 0.516. The molecule has 0 aromatic heterocycles. The summed E-state index contributed by atoms with van der Waals surface area (Å²) in [7, 11) is 0. The summed E-state index contributed by atoms with van der Waals surface area (Å²) in [6, 6.07) is 11.1. The highest BCUT2D eigenvalue weighted by Gasteiger charge is 2.16. The van der Waals surface area contributed by atoms with Gasteiger partial charge >= 0.3 is 17.9 Å². The number of hydrogen-bond donors (Lipinski definition) is 1. The van der Waals surface area contributed by atoms with Gasteiger partial charge in [-0.1, -0.05) is 83.8 Å². The van der Waals surface area contributed by atoms with E-state index in [1.807, 2.05) is 6.92 Å². The molecule has 0 amide bonds. The van der Waals surface area contributed by atoms with Gasteiger partial charge in [-0.15, -0.1) is 0 Å². The van der Waals surface area contributed by atoms with Gasteiger partial charge < -0.3 is 14.6 Å². The van der Waals surface area contributed by atoms with Crippen LogP contribution < -0.4 is 4.74 Å². The quantitative estimate of drug-likeness (QED) is 0.131. The summed E-state index contributed by atoms with van der Waals surface area (Å²) < 4.78 is 11.0. The van der Waals surface area contributed by atoms with Gasteiger partial charge in [0.05, 0.1) is 17.2 Å². The first-order valence-electron chi connectivity index (χ1n) is 13.7. The third kappa shape index (κ3) is 10.8. The second-order valence-electron chi connectivity index (χ2n) is 9.65. The van der Waals surface area contributed by atoms with Gasteiger partial charge in [-0.3, -0.25) is 4.79 Å². The zero-order valence-electron chi connectivity index (χ0n) is 22.6. The molecular weight excluding hydrogens is 468 g/mol. The minimum atomic E-state index is -1.08. The predicted molar refractivity (Wildman–Crippen MR) is 146 cm³/mol. The Labute approximate surface area is 221 Å². The molecule has 0 radical (unpaired) electrons. The van der Waals surface area contributed by atoms with Gasteiger partial charge in [0.1, 0.15) is 5.75 Å². The van der Waals surface area contributed by atoms with Gasteiger partial charge in [0.15, 0.2) is 0 Å². The SMILES string of the molecule is CCCCCCCCCCC(=O)Oc1ccc(C(=O)O)c(-c2ccc(C(=O)O[C@H](C)CCCC)cc2)c1. The van der Waals surface area contributed by atoms with Gasteiger partial charge in [-0.05, 0) is 61.2 Å². The highest BCUT2D eigenvalue weighted by atomic mass is 16.5. The molecular formula is C31H42O6. The van der Waals surface area contributed by atoms with Crippen molar-refractivity contribution in [2.45, 2.75) is 104 Å². The molecule has 6 nitrogen and oxygen atoms in total. The molecule has 2 aromatic carbocycles. The Bertz CT molecular complexity index is 995. The van der Waals surface area contributed by atoms with Crippen LogP contribution in [-0.2, 0) is 9.53 Å². The van der Waals surface area contributed by atoms with Crippen LogP contribution in [-0.4, -0.2) is 29.1 Å². The number of aromatic carboxylic acids is 1. The van der Waals surface area contributed by atoms with Crippen molar-refractivity contribution in [2.75, 3.05) is 0 Å². The summed E-state index contributed by atoms with van der Waals surface area (Å²) in [5.74, 6) is -1.51. The zero-order valence-corrected chi connectivity index (χ0v) is 22.6. The van der Waals surface area contributed by atoms with E-state index in [1.54, 1.807) is 30.3 Å². The molecule has 37 heavy (non-hydrogen) atoms. The molecule has 0 bridgehead atoms. The molecule has 0 spiro atoms. The molecule has 202 valence electrons. The lowest BCUT2D eigenvalue weighted by molar-refractivity contribution is -0.134. The van der Waals surface area contributed by atoms with Crippen molar-refractivity contribution in [3.63, 3.8) is 0 Å². The van der Waals surface area contributed by atoms with Crippen molar-refractivity contribution >= 4 is 17.9 Å². The maximum Gasteiger partial charge on any atom is 0.338 e. The van der Waals surface area contributed by atoms with Crippen molar-refractivity contribution in [2.24, 2.45) is 0 Å². The number of carbonyl (C=O) groups is 3. The first kappa shape index (κ1) is 30.1. The lowest BCUT2D eigenvalue weighted by atomic mass is 9.98. The van der Waals surface area contributed by atoms with E-state index >= 15 is 0 Å². The molecule has 0 heterocycles. The largest absolute Gasteiger partial charge is 0.478 e. The number of rotatable bonds is 17. The van der Waals surface area contributed by atoms with Gasteiger partial charge in [0.25, 0.3) is 0 Å². The van der Waals surface area contributed by atoms with Gasteiger partial charge in [-0.25, -0.2) is 9.59 Å². The molecule has 1 atom stereocenters. The fourth-order valence-corrected chi connectivity index (χ4v) is 4.19. The monoisotopic (exact) mass is 510 g/mol. The number of carboxylic acid groups (broad SMARTS) is 1. The molecule has 0 fully saturated rings. The third-order valence-corrected chi connectivity index (χ3v) is 6.39. The van der Waals surface area contributed by atoms with E-state index in [2.05, 4.69) is 13.8 Å². The third-order valence-electron chi connectivity index (χ3n) is 6.39. The molecule has 2 rings (SSSR count). The lowest BCUT2D eigenvalue weighted by Crippen LogP contribution is -2.14. The van der Waals surface area contributed by atoms with Crippen LogP contribution in [0.1, 0.15) is 119 Å². The first-order valence-corrected chi connectivity index (χ1v) is 13.7. The van der Waals surface area contributed by atoms with Crippen LogP contribution in [0.4, 0.5) is 0 Å². The van der Waals surface area contributed by atoms with Crippen LogP contribution in [0, 0.1) is 0 Å². The van der Waals surface area contributed by atoms with Crippen molar-refractivity contribution in [1.82, 2.24) is 0 Å². The number of hydrogen-bond acceptors (Lipinski definition) is 5. The van der Waals surface area contributed by atoms with Crippen molar-refractivity contribution in [3.8, 4) is 16.9 Å².